The number of ether oxygens (including phenoxy) is 1. The van der Waals surface area contributed by atoms with E-state index in [1.54, 1.807) is 24.1 Å². The molecule has 1 atom stereocenters. The standard InChI is InChI=1S/C13H18FNO2/c1-4-10(2)15(3)13(16)9-17-12-8-6-5-7-11(12)14/h5-8,10H,4,9H2,1-3H3. The zero-order valence-electron chi connectivity index (χ0n) is 10.4. The number of para-hydroxylation sites is 1. The van der Waals surface area contributed by atoms with Crippen molar-refractivity contribution in [1.29, 1.82) is 0 Å². The van der Waals surface area contributed by atoms with Crippen molar-refractivity contribution >= 4 is 5.91 Å². The summed E-state index contributed by atoms with van der Waals surface area (Å²) in [5.41, 5.74) is 0. The van der Waals surface area contributed by atoms with Gasteiger partial charge in [0.05, 0.1) is 0 Å². The lowest BCUT2D eigenvalue weighted by Crippen LogP contribution is -2.37. The van der Waals surface area contributed by atoms with Crippen molar-refractivity contribution in [3.8, 4) is 5.75 Å². The van der Waals surface area contributed by atoms with Gasteiger partial charge in [-0.15, -0.1) is 0 Å². The van der Waals surface area contributed by atoms with Crippen molar-refractivity contribution in [2.75, 3.05) is 13.7 Å². The Hall–Kier alpha value is -1.58. The van der Waals surface area contributed by atoms with Gasteiger partial charge in [0, 0.05) is 13.1 Å². The molecule has 1 aromatic rings. The molecule has 0 fully saturated rings. The zero-order chi connectivity index (χ0) is 12.8. The van der Waals surface area contributed by atoms with Crippen LogP contribution in [0.4, 0.5) is 4.39 Å². The van der Waals surface area contributed by atoms with Crippen LogP contribution in [0, 0.1) is 5.82 Å². The Balaban J connectivity index is 2.51. The second-order valence-electron chi connectivity index (χ2n) is 3.98. The number of hydrogen-bond acceptors (Lipinski definition) is 2. The topological polar surface area (TPSA) is 29.5 Å². The lowest BCUT2D eigenvalue weighted by molar-refractivity contribution is -0.133. The lowest BCUT2D eigenvalue weighted by Gasteiger charge is -2.23. The van der Waals surface area contributed by atoms with Crippen molar-refractivity contribution in [2.24, 2.45) is 0 Å². The van der Waals surface area contributed by atoms with Gasteiger partial charge in [-0.05, 0) is 25.5 Å². The molecule has 0 aliphatic heterocycles. The minimum atomic E-state index is -0.452. The van der Waals surface area contributed by atoms with E-state index in [0.717, 1.165) is 6.42 Å². The molecule has 0 aromatic heterocycles. The second-order valence-corrected chi connectivity index (χ2v) is 3.98. The predicted molar refractivity (Wildman–Crippen MR) is 64.4 cm³/mol. The van der Waals surface area contributed by atoms with Gasteiger partial charge in [-0.25, -0.2) is 4.39 Å². The molecule has 1 unspecified atom stereocenters. The fourth-order valence-electron chi connectivity index (χ4n) is 1.32. The summed E-state index contributed by atoms with van der Waals surface area (Å²) in [6.07, 6.45) is 0.877. The SMILES string of the molecule is CCC(C)N(C)C(=O)COc1ccccc1F. The molecule has 0 spiro atoms. The number of likely N-dealkylation sites (N-methyl/N-ethyl adjacent to an activating group) is 1. The van der Waals surface area contributed by atoms with Crippen LogP contribution in [0.3, 0.4) is 0 Å². The number of benzene rings is 1. The van der Waals surface area contributed by atoms with Crippen molar-refractivity contribution in [1.82, 2.24) is 4.90 Å². The summed E-state index contributed by atoms with van der Waals surface area (Å²) in [7, 11) is 1.72. The Morgan fingerprint density at radius 3 is 2.71 bits per heavy atom. The highest BCUT2D eigenvalue weighted by molar-refractivity contribution is 5.77. The van der Waals surface area contributed by atoms with Gasteiger partial charge in [-0.1, -0.05) is 19.1 Å². The molecule has 17 heavy (non-hydrogen) atoms. The number of carbonyl (C=O) groups is 1. The Morgan fingerprint density at radius 2 is 2.12 bits per heavy atom. The summed E-state index contributed by atoms with van der Waals surface area (Å²) in [5.74, 6) is -0.493. The Kier molecular flexibility index (Phi) is 4.94. The smallest absolute Gasteiger partial charge is 0.260 e. The monoisotopic (exact) mass is 239 g/mol. The highest BCUT2D eigenvalue weighted by Gasteiger charge is 2.15. The van der Waals surface area contributed by atoms with E-state index in [1.165, 1.54) is 12.1 Å². The van der Waals surface area contributed by atoms with E-state index >= 15 is 0 Å². The molecule has 0 saturated carbocycles. The van der Waals surface area contributed by atoms with E-state index in [-0.39, 0.29) is 24.3 Å². The van der Waals surface area contributed by atoms with Gasteiger partial charge < -0.3 is 9.64 Å². The first-order valence-corrected chi connectivity index (χ1v) is 5.69. The Bertz CT molecular complexity index is 381. The van der Waals surface area contributed by atoms with Gasteiger partial charge in [-0.2, -0.15) is 0 Å². The predicted octanol–water partition coefficient (Wildman–Crippen LogP) is 2.46. The van der Waals surface area contributed by atoms with Crippen LogP contribution < -0.4 is 4.74 Å². The maximum absolute atomic E-state index is 13.2. The van der Waals surface area contributed by atoms with Crippen LogP contribution in [0.15, 0.2) is 24.3 Å². The summed E-state index contributed by atoms with van der Waals surface area (Å²) in [6, 6.07) is 6.22. The van der Waals surface area contributed by atoms with E-state index in [1.807, 2.05) is 13.8 Å². The van der Waals surface area contributed by atoms with Gasteiger partial charge in [0.15, 0.2) is 18.2 Å². The van der Waals surface area contributed by atoms with Crippen LogP contribution in [0.25, 0.3) is 0 Å². The lowest BCUT2D eigenvalue weighted by atomic mass is 10.2. The van der Waals surface area contributed by atoms with E-state index in [9.17, 15) is 9.18 Å². The normalized spacial score (nSPS) is 12.0. The number of halogens is 1. The molecule has 0 radical (unpaired) electrons. The molecular formula is C13H18FNO2. The van der Waals surface area contributed by atoms with Gasteiger partial charge in [-0.3, -0.25) is 4.79 Å². The summed E-state index contributed by atoms with van der Waals surface area (Å²) >= 11 is 0. The molecule has 3 nitrogen and oxygen atoms in total. The fourth-order valence-corrected chi connectivity index (χ4v) is 1.32. The van der Waals surface area contributed by atoms with Crippen LogP contribution in [0.5, 0.6) is 5.75 Å². The highest BCUT2D eigenvalue weighted by atomic mass is 19.1. The van der Waals surface area contributed by atoms with Gasteiger partial charge >= 0.3 is 0 Å². The summed E-state index contributed by atoms with van der Waals surface area (Å²) in [5, 5.41) is 0. The van der Waals surface area contributed by atoms with E-state index in [0.29, 0.717) is 0 Å². The molecule has 4 heteroatoms. The average Bonchev–Trinajstić information content (AvgIpc) is 2.35. The average molecular weight is 239 g/mol. The second kappa shape index (κ2) is 6.23. The van der Waals surface area contributed by atoms with Crippen molar-refractivity contribution in [3.05, 3.63) is 30.1 Å². The van der Waals surface area contributed by atoms with Crippen molar-refractivity contribution in [3.63, 3.8) is 0 Å². The maximum Gasteiger partial charge on any atom is 0.260 e. The molecule has 0 aliphatic rings. The van der Waals surface area contributed by atoms with Gasteiger partial charge in [0.1, 0.15) is 0 Å². The molecule has 0 bridgehead atoms. The number of carbonyl (C=O) groups excluding carboxylic acids is 1. The fraction of sp³-hybridized carbons (Fsp3) is 0.462. The molecule has 1 amide bonds. The number of hydrogen-bond donors (Lipinski definition) is 0. The zero-order valence-corrected chi connectivity index (χ0v) is 10.4. The minimum Gasteiger partial charge on any atom is -0.481 e. The number of amides is 1. The Morgan fingerprint density at radius 1 is 1.47 bits per heavy atom. The molecule has 94 valence electrons. The molecule has 1 rings (SSSR count). The molecule has 0 aliphatic carbocycles. The van der Waals surface area contributed by atoms with Crippen LogP contribution >= 0.6 is 0 Å². The third-order valence-corrected chi connectivity index (χ3v) is 2.83. The molecule has 0 N–H and O–H groups in total. The first-order valence-electron chi connectivity index (χ1n) is 5.69. The summed E-state index contributed by atoms with van der Waals surface area (Å²) < 4.78 is 18.4. The third-order valence-electron chi connectivity index (χ3n) is 2.83. The molecule has 0 heterocycles. The molecule has 1 aromatic carbocycles. The first kappa shape index (κ1) is 13.5. The largest absolute Gasteiger partial charge is 0.481 e. The first-order chi connectivity index (χ1) is 8.06. The summed E-state index contributed by atoms with van der Waals surface area (Å²) in [4.78, 5) is 13.3. The summed E-state index contributed by atoms with van der Waals surface area (Å²) in [6.45, 7) is 3.83. The quantitative estimate of drug-likeness (QED) is 0.790. The van der Waals surface area contributed by atoms with Crippen LogP contribution in [0.1, 0.15) is 20.3 Å². The van der Waals surface area contributed by atoms with Gasteiger partial charge in [0.25, 0.3) is 5.91 Å². The van der Waals surface area contributed by atoms with Crippen LogP contribution in [-0.2, 0) is 4.79 Å². The molecular weight excluding hydrogens is 221 g/mol. The van der Waals surface area contributed by atoms with E-state index in [4.69, 9.17) is 4.74 Å². The molecule has 0 saturated heterocycles. The Labute approximate surface area is 101 Å². The van der Waals surface area contributed by atoms with Crippen LogP contribution in [0.2, 0.25) is 0 Å². The van der Waals surface area contributed by atoms with E-state index in [2.05, 4.69) is 0 Å². The van der Waals surface area contributed by atoms with Crippen LogP contribution in [-0.4, -0.2) is 30.5 Å². The number of nitrogens with zero attached hydrogens (tertiary/aromatic N) is 1. The number of rotatable bonds is 5. The minimum absolute atomic E-state index is 0.110. The van der Waals surface area contributed by atoms with E-state index < -0.39 is 5.82 Å². The van der Waals surface area contributed by atoms with Crippen molar-refractivity contribution < 1.29 is 13.9 Å². The third kappa shape index (κ3) is 3.73. The maximum atomic E-state index is 13.2. The highest BCUT2D eigenvalue weighted by Crippen LogP contribution is 2.15. The van der Waals surface area contributed by atoms with Crippen molar-refractivity contribution in [2.45, 2.75) is 26.3 Å². The van der Waals surface area contributed by atoms with Gasteiger partial charge in [0.2, 0.25) is 0 Å².